The van der Waals surface area contributed by atoms with Gasteiger partial charge in [-0.1, -0.05) is 13.3 Å². The van der Waals surface area contributed by atoms with Gasteiger partial charge in [-0.15, -0.1) is 0 Å². The number of hydrogen-bond acceptors (Lipinski definition) is 5. The van der Waals surface area contributed by atoms with E-state index in [9.17, 15) is 29.1 Å². The monoisotopic (exact) mass is 370 g/mol. The number of carbonyl (C=O) groups excluding carboxylic acids is 4. The van der Waals surface area contributed by atoms with Gasteiger partial charge < -0.3 is 5.11 Å². The first kappa shape index (κ1) is 18.9. The van der Waals surface area contributed by atoms with Gasteiger partial charge in [-0.3, -0.25) is 19.2 Å². The number of carboxylic acids is 1. The zero-order valence-corrected chi connectivity index (χ0v) is 15.5. The molecule has 0 fully saturated rings. The summed E-state index contributed by atoms with van der Waals surface area (Å²) < 4.78 is 0. The van der Waals surface area contributed by atoms with Crippen molar-refractivity contribution >= 4 is 29.6 Å². The SMILES string of the molecule is CCCCC(C(=O)O)(N1C(=O)C=CC1=O)N1C(=O)C=CC1=O.[Zn]. The summed E-state index contributed by atoms with van der Waals surface area (Å²) in [5, 5.41) is 9.69. The van der Waals surface area contributed by atoms with E-state index < -0.39 is 35.3 Å². The Morgan fingerprint density at radius 2 is 1.30 bits per heavy atom. The van der Waals surface area contributed by atoms with Crippen molar-refractivity contribution in [3.05, 3.63) is 24.3 Å². The van der Waals surface area contributed by atoms with E-state index in [0.717, 1.165) is 24.3 Å². The average molecular weight is 372 g/mol. The Bertz CT molecular complexity index is 561. The summed E-state index contributed by atoms with van der Waals surface area (Å²) in [7, 11) is 0. The molecule has 1 N–H and O–H groups in total. The third-order valence-electron chi connectivity index (χ3n) is 3.58. The van der Waals surface area contributed by atoms with Gasteiger partial charge in [0.1, 0.15) is 0 Å². The molecule has 2 rings (SSSR count). The van der Waals surface area contributed by atoms with Crippen LogP contribution >= 0.6 is 0 Å². The Hall–Kier alpha value is -2.15. The van der Waals surface area contributed by atoms with Gasteiger partial charge in [0.2, 0.25) is 5.66 Å². The van der Waals surface area contributed by atoms with Crippen molar-refractivity contribution in [2.75, 3.05) is 0 Å². The van der Waals surface area contributed by atoms with Crippen LogP contribution in [0.15, 0.2) is 24.3 Å². The Morgan fingerprint density at radius 1 is 0.957 bits per heavy atom. The molecule has 0 aromatic heterocycles. The molecule has 8 nitrogen and oxygen atoms in total. The normalized spacial score (nSPS) is 17.3. The first-order chi connectivity index (χ1) is 10.4. The van der Waals surface area contributed by atoms with Gasteiger partial charge in [0.05, 0.1) is 0 Å². The molecule has 9 heteroatoms. The molecular weight excluding hydrogens is 358 g/mol. The molecule has 0 aliphatic carbocycles. The maximum absolute atomic E-state index is 12.0. The van der Waals surface area contributed by atoms with Crippen molar-refractivity contribution in [1.82, 2.24) is 9.80 Å². The standard InChI is InChI=1S/C14H14N2O6.Zn/c1-2-3-8-14(13(21)22,15-9(17)4-5-10(15)18)16-11(19)6-7-12(16)20;/h4-7H,2-3,8H2,1H3,(H,21,22);. The predicted molar refractivity (Wildman–Crippen MR) is 71.9 cm³/mol. The second-order valence-electron chi connectivity index (χ2n) is 4.92. The molecule has 0 aromatic rings. The van der Waals surface area contributed by atoms with Gasteiger partial charge in [-0.05, 0) is 6.42 Å². The van der Waals surface area contributed by atoms with Crippen LogP contribution in [-0.4, -0.2) is 50.2 Å². The molecular formula is C14H14N2O6Zn. The maximum atomic E-state index is 12.0. The van der Waals surface area contributed by atoms with Gasteiger partial charge in [-0.25, -0.2) is 14.6 Å². The molecule has 0 radical (unpaired) electrons. The van der Waals surface area contributed by atoms with E-state index in [1.54, 1.807) is 6.92 Å². The summed E-state index contributed by atoms with van der Waals surface area (Å²) in [4.78, 5) is 60.7. The summed E-state index contributed by atoms with van der Waals surface area (Å²) in [5.74, 6) is -5.06. The summed E-state index contributed by atoms with van der Waals surface area (Å²) >= 11 is 0. The molecule has 2 aliphatic heterocycles. The van der Waals surface area contributed by atoms with E-state index in [1.165, 1.54) is 0 Å². The number of hydrogen-bond donors (Lipinski definition) is 1. The van der Waals surface area contributed by atoms with Crippen LogP contribution in [0.2, 0.25) is 0 Å². The van der Waals surface area contributed by atoms with E-state index in [2.05, 4.69) is 0 Å². The average Bonchev–Trinajstić information content (AvgIpc) is 2.97. The first-order valence-corrected chi connectivity index (χ1v) is 6.72. The Labute approximate surface area is 144 Å². The molecule has 0 aromatic carbocycles. The second kappa shape index (κ2) is 6.96. The van der Waals surface area contributed by atoms with Crippen LogP contribution in [0.1, 0.15) is 26.2 Å². The van der Waals surface area contributed by atoms with E-state index in [1.807, 2.05) is 0 Å². The molecule has 2 aliphatic rings. The van der Waals surface area contributed by atoms with E-state index in [-0.39, 0.29) is 25.9 Å². The number of nitrogens with zero attached hydrogens (tertiary/aromatic N) is 2. The Balaban J connectivity index is 0.00000264. The fourth-order valence-corrected chi connectivity index (χ4v) is 2.57. The van der Waals surface area contributed by atoms with Crippen LogP contribution in [-0.2, 0) is 43.5 Å². The van der Waals surface area contributed by atoms with Crippen molar-refractivity contribution < 1.29 is 48.6 Å². The number of aliphatic carboxylic acids is 1. The third-order valence-corrected chi connectivity index (χ3v) is 3.58. The second-order valence-corrected chi connectivity index (χ2v) is 4.92. The van der Waals surface area contributed by atoms with Gasteiger partial charge in [0.15, 0.2) is 0 Å². The number of imide groups is 2. The largest absolute Gasteiger partial charge is 0.478 e. The number of carbonyl (C=O) groups is 5. The minimum Gasteiger partial charge on any atom is -0.478 e. The molecule has 4 amide bonds. The molecule has 118 valence electrons. The summed E-state index contributed by atoms with van der Waals surface area (Å²) in [5.41, 5.74) is -2.34. The Morgan fingerprint density at radius 3 is 1.57 bits per heavy atom. The zero-order valence-electron chi connectivity index (χ0n) is 12.5. The topological polar surface area (TPSA) is 112 Å². The molecule has 0 saturated carbocycles. The third kappa shape index (κ3) is 2.88. The van der Waals surface area contributed by atoms with Gasteiger partial charge >= 0.3 is 5.97 Å². The number of unbranched alkanes of at least 4 members (excludes halogenated alkanes) is 1. The van der Waals surface area contributed by atoms with Crippen molar-refractivity contribution in [1.29, 1.82) is 0 Å². The summed E-state index contributed by atoms with van der Waals surface area (Å²) in [6.45, 7) is 1.78. The van der Waals surface area contributed by atoms with Crippen molar-refractivity contribution in [2.45, 2.75) is 31.8 Å². The summed E-state index contributed by atoms with van der Waals surface area (Å²) in [6.07, 6.45) is 4.32. The van der Waals surface area contributed by atoms with Gasteiger partial charge in [0, 0.05) is 50.2 Å². The minimum atomic E-state index is -2.34. The van der Waals surface area contributed by atoms with Crippen molar-refractivity contribution in [3.63, 3.8) is 0 Å². The van der Waals surface area contributed by atoms with E-state index in [4.69, 9.17) is 0 Å². The smallest absolute Gasteiger partial charge is 0.351 e. The first-order valence-electron chi connectivity index (χ1n) is 6.72. The summed E-state index contributed by atoms with van der Waals surface area (Å²) in [6, 6.07) is 0. The van der Waals surface area contributed by atoms with Gasteiger partial charge in [-0.2, -0.15) is 0 Å². The van der Waals surface area contributed by atoms with Crippen LogP contribution < -0.4 is 0 Å². The molecule has 23 heavy (non-hydrogen) atoms. The van der Waals surface area contributed by atoms with Crippen molar-refractivity contribution in [3.8, 4) is 0 Å². The fraction of sp³-hybridized carbons (Fsp3) is 0.357. The fourth-order valence-electron chi connectivity index (χ4n) is 2.57. The Kier molecular flexibility index (Phi) is 5.72. The molecule has 0 bridgehead atoms. The molecule has 2 heterocycles. The van der Waals surface area contributed by atoms with E-state index in [0.29, 0.717) is 22.6 Å². The molecule has 0 unspecified atom stereocenters. The van der Waals surface area contributed by atoms with Crippen LogP contribution in [0.3, 0.4) is 0 Å². The molecule has 0 saturated heterocycles. The van der Waals surface area contributed by atoms with Crippen LogP contribution in [0.5, 0.6) is 0 Å². The molecule has 0 atom stereocenters. The van der Waals surface area contributed by atoms with Crippen LogP contribution in [0, 0.1) is 0 Å². The zero-order chi connectivity index (χ0) is 16.5. The van der Waals surface area contributed by atoms with Crippen LogP contribution in [0.25, 0.3) is 0 Å². The van der Waals surface area contributed by atoms with Crippen LogP contribution in [0.4, 0.5) is 0 Å². The van der Waals surface area contributed by atoms with Gasteiger partial charge in [0.25, 0.3) is 23.6 Å². The number of carboxylic acid groups (broad SMARTS) is 1. The van der Waals surface area contributed by atoms with Crippen molar-refractivity contribution in [2.24, 2.45) is 0 Å². The quantitative estimate of drug-likeness (QED) is 0.511. The number of amides is 4. The molecule has 0 spiro atoms. The minimum absolute atomic E-state index is 0. The number of rotatable bonds is 6. The maximum Gasteiger partial charge on any atom is 0.351 e. The predicted octanol–water partition coefficient (Wildman–Crippen LogP) is -0.195. The van der Waals surface area contributed by atoms with E-state index >= 15 is 0 Å².